The summed E-state index contributed by atoms with van der Waals surface area (Å²) in [6.07, 6.45) is 11.7. The number of rotatable bonds is 2. The maximum atomic E-state index is 12.2. The van der Waals surface area contributed by atoms with Crippen LogP contribution in [0.2, 0.25) is 0 Å². The zero-order valence-electron chi connectivity index (χ0n) is 11.2. The van der Waals surface area contributed by atoms with Crippen LogP contribution >= 0.6 is 12.4 Å². The molecule has 2 rings (SSSR count). The molecule has 2 unspecified atom stereocenters. The summed E-state index contributed by atoms with van der Waals surface area (Å²) < 4.78 is 0. The molecule has 0 saturated heterocycles. The van der Waals surface area contributed by atoms with Crippen molar-refractivity contribution in [1.82, 2.24) is 5.32 Å². The number of hydrogen-bond acceptors (Lipinski definition) is 2. The molecule has 0 bridgehead atoms. The Morgan fingerprint density at radius 2 is 1.61 bits per heavy atom. The minimum absolute atomic E-state index is 0. The van der Waals surface area contributed by atoms with Crippen molar-refractivity contribution >= 4 is 18.3 Å². The number of amides is 1. The van der Waals surface area contributed by atoms with Gasteiger partial charge in [-0.2, -0.15) is 0 Å². The van der Waals surface area contributed by atoms with Crippen LogP contribution in [0.15, 0.2) is 0 Å². The molecular formula is C14H27ClN2O. The number of hydrogen-bond donors (Lipinski definition) is 2. The Hall–Kier alpha value is -0.280. The summed E-state index contributed by atoms with van der Waals surface area (Å²) in [4.78, 5) is 12.2. The zero-order valence-corrected chi connectivity index (χ0v) is 12.0. The highest BCUT2D eigenvalue weighted by Crippen LogP contribution is 2.24. The fraction of sp³-hybridized carbons (Fsp3) is 0.929. The van der Waals surface area contributed by atoms with Gasteiger partial charge in [-0.15, -0.1) is 12.4 Å². The molecule has 106 valence electrons. The normalized spacial score (nSPS) is 30.1. The Labute approximate surface area is 117 Å². The first-order valence-electron chi connectivity index (χ1n) is 7.31. The molecule has 2 aliphatic rings. The largest absolute Gasteiger partial charge is 0.353 e. The van der Waals surface area contributed by atoms with E-state index >= 15 is 0 Å². The Kier molecular flexibility index (Phi) is 7.02. The molecule has 0 aromatic heterocycles. The van der Waals surface area contributed by atoms with Gasteiger partial charge in [-0.25, -0.2) is 0 Å². The second-order valence-electron chi connectivity index (χ2n) is 5.82. The monoisotopic (exact) mass is 274 g/mol. The van der Waals surface area contributed by atoms with E-state index in [1.165, 1.54) is 38.5 Å². The van der Waals surface area contributed by atoms with Gasteiger partial charge in [0.15, 0.2) is 0 Å². The molecule has 2 fully saturated rings. The van der Waals surface area contributed by atoms with Crippen LogP contribution < -0.4 is 11.1 Å². The zero-order chi connectivity index (χ0) is 12.1. The van der Waals surface area contributed by atoms with E-state index in [0.717, 1.165) is 25.7 Å². The average Bonchev–Trinajstić information content (AvgIpc) is 2.57. The predicted molar refractivity (Wildman–Crippen MR) is 76.8 cm³/mol. The predicted octanol–water partition coefficient (Wildman–Crippen LogP) is 2.76. The number of carbonyl (C=O) groups is 1. The van der Waals surface area contributed by atoms with Gasteiger partial charge in [0.2, 0.25) is 5.91 Å². The van der Waals surface area contributed by atoms with Crippen LogP contribution in [-0.4, -0.2) is 18.0 Å². The van der Waals surface area contributed by atoms with Crippen LogP contribution in [0.25, 0.3) is 0 Å². The molecule has 1 amide bonds. The lowest BCUT2D eigenvalue weighted by atomic mass is 9.85. The van der Waals surface area contributed by atoms with Crippen molar-refractivity contribution in [2.24, 2.45) is 11.7 Å². The van der Waals surface area contributed by atoms with Crippen molar-refractivity contribution in [3.05, 3.63) is 0 Å². The number of carbonyl (C=O) groups excluding carboxylic acids is 1. The molecular weight excluding hydrogens is 248 g/mol. The van der Waals surface area contributed by atoms with Gasteiger partial charge in [0.1, 0.15) is 0 Å². The van der Waals surface area contributed by atoms with Crippen LogP contribution in [0.5, 0.6) is 0 Å². The molecule has 3 N–H and O–H groups in total. The summed E-state index contributed by atoms with van der Waals surface area (Å²) in [5, 5.41) is 3.25. The first-order valence-corrected chi connectivity index (χ1v) is 7.31. The van der Waals surface area contributed by atoms with E-state index in [9.17, 15) is 4.79 Å². The maximum Gasteiger partial charge on any atom is 0.223 e. The van der Waals surface area contributed by atoms with Crippen molar-refractivity contribution in [3.8, 4) is 0 Å². The Bertz CT molecular complexity index is 252. The molecule has 4 heteroatoms. The average molecular weight is 275 g/mol. The summed E-state index contributed by atoms with van der Waals surface area (Å²) in [7, 11) is 0. The van der Waals surface area contributed by atoms with Crippen LogP contribution in [0.3, 0.4) is 0 Å². The lowest BCUT2D eigenvalue weighted by molar-refractivity contribution is -0.126. The third-order valence-corrected chi connectivity index (χ3v) is 4.29. The van der Waals surface area contributed by atoms with Crippen molar-refractivity contribution in [2.75, 3.05) is 0 Å². The van der Waals surface area contributed by atoms with E-state index in [-0.39, 0.29) is 30.3 Å². The van der Waals surface area contributed by atoms with Crippen LogP contribution in [0, 0.1) is 5.92 Å². The van der Waals surface area contributed by atoms with E-state index in [4.69, 9.17) is 5.73 Å². The maximum absolute atomic E-state index is 12.2. The molecule has 2 saturated carbocycles. The Morgan fingerprint density at radius 1 is 0.944 bits per heavy atom. The molecule has 0 radical (unpaired) electrons. The van der Waals surface area contributed by atoms with Crippen molar-refractivity contribution in [2.45, 2.75) is 76.3 Å². The second kappa shape index (κ2) is 8.00. The highest BCUT2D eigenvalue weighted by Gasteiger charge is 2.26. The quantitative estimate of drug-likeness (QED) is 0.761. The van der Waals surface area contributed by atoms with Gasteiger partial charge >= 0.3 is 0 Å². The Balaban J connectivity index is 0.00000162. The van der Waals surface area contributed by atoms with Crippen molar-refractivity contribution < 1.29 is 4.79 Å². The highest BCUT2D eigenvalue weighted by atomic mass is 35.5. The van der Waals surface area contributed by atoms with E-state index in [2.05, 4.69) is 5.32 Å². The molecule has 0 spiro atoms. The van der Waals surface area contributed by atoms with Crippen LogP contribution in [-0.2, 0) is 4.79 Å². The first kappa shape index (κ1) is 15.8. The molecule has 3 nitrogen and oxygen atoms in total. The summed E-state index contributed by atoms with van der Waals surface area (Å²) >= 11 is 0. The third kappa shape index (κ3) is 4.77. The lowest BCUT2D eigenvalue weighted by Crippen LogP contribution is -2.42. The van der Waals surface area contributed by atoms with Gasteiger partial charge < -0.3 is 11.1 Å². The number of nitrogens with one attached hydrogen (secondary N) is 1. The van der Waals surface area contributed by atoms with Gasteiger partial charge in [-0.1, -0.05) is 32.1 Å². The lowest BCUT2D eigenvalue weighted by Gasteiger charge is -2.27. The Morgan fingerprint density at radius 3 is 2.22 bits per heavy atom. The van der Waals surface area contributed by atoms with Crippen LogP contribution in [0.4, 0.5) is 0 Å². The molecule has 18 heavy (non-hydrogen) atoms. The molecule has 0 aromatic rings. The van der Waals surface area contributed by atoms with E-state index < -0.39 is 0 Å². The fourth-order valence-corrected chi connectivity index (χ4v) is 3.21. The molecule has 2 atom stereocenters. The van der Waals surface area contributed by atoms with Crippen LogP contribution in [0.1, 0.15) is 64.2 Å². The minimum atomic E-state index is 0. The summed E-state index contributed by atoms with van der Waals surface area (Å²) in [5.74, 6) is 0.453. The standard InChI is InChI=1S/C14H26N2O.ClH/c15-12-7-5-6-11(10-12)14(17)16-13-8-3-1-2-4-9-13;/h11-13H,1-10,15H2,(H,16,17);1H. The fourth-order valence-electron chi connectivity index (χ4n) is 3.21. The minimum Gasteiger partial charge on any atom is -0.353 e. The summed E-state index contributed by atoms with van der Waals surface area (Å²) in [5.41, 5.74) is 5.94. The summed E-state index contributed by atoms with van der Waals surface area (Å²) in [6.45, 7) is 0. The van der Waals surface area contributed by atoms with E-state index in [1.54, 1.807) is 0 Å². The highest BCUT2D eigenvalue weighted by molar-refractivity contribution is 5.85. The SMILES string of the molecule is Cl.NC1CCCC(C(=O)NC2CCCCCC2)C1. The second-order valence-corrected chi connectivity index (χ2v) is 5.82. The van der Waals surface area contributed by atoms with E-state index in [0.29, 0.717) is 6.04 Å². The van der Waals surface area contributed by atoms with Gasteiger partial charge in [-0.05, 0) is 32.1 Å². The topological polar surface area (TPSA) is 55.1 Å². The molecule has 2 aliphatic carbocycles. The van der Waals surface area contributed by atoms with Gasteiger partial charge in [0.05, 0.1) is 0 Å². The number of nitrogens with two attached hydrogens (primary N) is 1. The third-order valence-electron chi connectivity index (χ3n) is 4.29. The van der Waals surface area contributed by atoms with Crippen molar-refractivity contribution in [3.63, 3.8) is 0 Å². The first-order chi connectivity index (χ1) is 8.25. The van der Waals surface area contributed by atoms with Gasteiger partial charge in [0, 0.05) is 18.0 Å². The van der Waals surface area contributed by atoms with Crippen molar-refractivity contribution in [1.29, 1.82) is 0 Å². The summed E-state index contributed by atoms with van der Waals surface area (Å²) in [6, 6.07) is 0.678. The number of halogens is 1. The van der Waals surface area contributed by atoms with E-state index in [1.807, 2.05) is 0 Å². The molecule has 0 aliphatic heterocycles. The smallest absolute Gasteiger partial charge is 0.223 e. The molecule has 0 aromatic carbocycles. The van der Waals surface area contributed by atoms with Gasteiger partial charge in [0.25, 0.3) is 0 Å². The van der Waals surface area contributed by atoms with Gasteiger partial charge in [-0.3, -0.25) is 4.79 Å². The molecule has 0 heterocycles.